The minimum atomic E-state index is -1.72. The molecule has 7 nitrogen and oxygen atoms in total. The van der Waals surface area contributed by atoms with E-state index < -0.39 is 36.3 Å². The van der Waals surface area contributed by atoms with E-state index in [1.54, 1.807) is 24.3 Å². The second-order valence-electron chi connectivity index (χ2n) is 7.89. The summed E-state index contributed by atoms with van der Waals surface area (Å²) in [6, 6.07) is 12.6. The highest BCUT2D eigenvalue weighted by molar-refractivity contribution is 6.31. The summed E-state index contributed by atoms with van der Waals surface area (Å²) in [5, 5.41) is 41.7. The fourth-order valence-corrected chi connectivity index (χ4v) is 4.26. The van der Waals surface area contributed by atoms with Crippen molar-refractivity contribution in [3.8, 4) is 5.75 Å². The first-order valence-electron chi connectivity index (χ1n) is 9.96. The van der Waals surface area contributed by atoms with Crippen LogP contribution in [0.15, 0.2) is 55.1 Å². The fraction of sp³-hybridized carbons (Fsp3) is 0.391. The van der Waals surface area contributed by atoms with Gasteiger partial charge in [0.05, 0.1) is 13.2 Å². The van der Waals surface area contributed by atoms with Crippen LogP contribution in [0.1, 0.15) is 16.7 Å². The minimum absolute atomic E-state index is 0.178. The van der Waals surface area contributed by atoms with E-state index in [9.17, 15) is 20.4 Å². The normalized spacial score (nSPS) is 32.1. The van der Waals surface area contributed by atoms with Gasteiger partial charge in [-0.15, -0.1) is 0 Å². The van der Waals surface area contributed by atoms with Crippen molar-refractivity contribution >= 4 is 11.6 Å². The zero-order valence-electron chi connectivity index (χ0n) is 16.8. The highest BCUT2D eigenvalue weighted by Crippen LogP contribution is 2.49. The fourth-order valence-electron chi connectivity index (χ4n) is 4.08. The van der Waals surface area contributed by atoms with Gasteiger partial charge in [-0.2, -0.15) is 0 Å². The maximum absolute atomic E-state index is 10.7. The maximum atomic E-state index is 10.7. The summed E-state index contributed by atoms with van der Waals surface area (Å²) in [6.07, 6.45) is -2.42. The van der Waals surface area contributed by atoms with Gasteiger partial charge in [-0.1, -0.05) is 42.5 Å². The molecule has 0 spiro atoms. The molecule has 2 saturated heterocycles. The van der Waals surface area contributed by atoms with Gasteiger partial charge in [0.2, 0.25) is 5.79 Å². The Morgan fingerprint density at radius 3 is 2.55 bits per heavy atom. The first-order chi connectivity index (χ1) is 14.8. The van der Waals surface area contributed by atoms with E-state index in [0.717, 1.165) is 16.9 Å². The van der Waals surface area contributed by atoms with Crippen LogP contribution in [0, 0.1) is 0 Å². The number of rotatable bonds is 7. The van der Waals surface area contributed by atoms with Crippen molar-refractivity contribution in [2.24, 2.45) is 0 Å². The molecule has 2 aromatic rings. The second kappa shape index (κ2) is 8.52. The zero-order chi connectivity index (χ0) is 22.2. The Morgan fingerprint density at radius 2 is 1.87 bits per heavy atom. The molecule has 4 rings (SSSR count). The number of hydrogen-bond donors (Lipinski definition) is 4. The molecular weight excluding hydrogens is 424 g/mol. The topological polar surface area (TPSA) is 109 Å². The van der Waals surface area contributed by atoms with Gasteiger partial charge in [0.25, 0.3) is 0 Å². The van der Waals surface area contributed by atoms with Crippen molar-refractivity contribution in [2.45, 2.75) is 36.1 Å². The third-order valence-corrected chi connectivity index (χ3v) is 6.23. The number of benzene rings is 2. The Bertz CT molecular complexity index is 949. The summed E-state index contributed by atoms with van der Waals surface area (Å²) in [5.74, 6) is -0.989. The molecule has 2 aliphatic heterocycles. The zero-order valence-corrected chi connectivity index (χ0v) is 17.5. The van der Waals surface area contributed by atoms with E-state index in [-0.39, 0.29) is 6.61 Å². The van der Waals surface area contributed by atoms with Crippen LogP contribution >= 0.6 is 11.6 Å². The first-order valence-corrected chi connectivity index (χ1v) is 10.3. The molecule has 0 unspecified atom stereocenters. The average Bonchev–Trinajstić information content (AvgIpc) is 3.17. The molecule has 0 aliphatic carbocycles. The van der Waals surface area contributed by atoms with E-state index in [1.165, 1.54) is 0 Å². The van der Waals surface area contributed by atoms with Crippen LogP contribution in [0.25, 0.3) is 0 Å². The number of aliphatic hydroxyl groups is 4. The molecule has 0 aromatic heterocycles. The average molecular weight is 449 g/mol. The Balaban J connectivity index is 1.63. The summed E-state index contributed by atoms with van der Waals surface area (Å²) in [6.45, 7) is 3.30. The third kappa shape index (κ3) is 3.76. The lowest BCUT2D eigenvalue weighted by molar-refractivity contribution is -0.329. The monoisotopic (exact) mass is 448 g/mol. The highest BCUT2D eigenvalue weighted by atomic mass is 35.5. The summed E-state index contributed by atoms with van der Waals surface area (Å²) in [5.41, 5.74) is 0.668. The van der Waals surface area contributed by atoms with Crippen LogP contribution in [0.3, 0.4) is 0 Å². The molecule has 0 amide bonds. The summed E-state index contributed by atoms with van der Waals surface area (Å²) in [4.78, 5) is 0. The number of ether oxygens (including phenoxy) is 3. The molecule has 0 radical (unpaired) electrons. The molecule has 5 atom stereocenters. The van der Waals surface area contributed by atoms with E-state index >= 15 is 0 Å². The van der Waals surface area contributed by atoms with Gasteiger partial charge in [-0.05, 0) is 41.8 Å². The van der Waals surface area contributed by atoms with Crippen LogP contribution < -0.4 is 4.74 Å². The molecular formula is C23H25ClO7. The summed E-state index contributed by atoms with van der Waals surface area (Å²) in [7, 11) is 0. The van der Waals surface area contributed by atoms with Crippen LogP contribution in [-0.2, 0) is 21.7 Å². The van der Waals surface area contributed by atoms with Gasteiger partial charge in [-0.3, -0.25) is 0 Å². The van der Waals surface area contributed by atoms with Crippen molar-refractivity contribution in [1.82, 2.24) is 0 Å². The summed E-state index contributed by atoms with van der Waals surface area (Å²) >= 11 is 6.42. The lowest BCUT2D eigenvalue weighted by atomic mass is 9.83. The van der Waals surface area contributed by atoms with Crippen LogP contribution in [-0.4, -0.2) is 64.2 Å². The van der Waals surface area contributed by atoms with Gasteiger partial charge < -0.3 is 34.6 Å². The quantitative estimate of drug-likeness (QED) is 0.475. The lowest BCUT2D eigenvalue weighted by Crippen LogP contribution is -2.65. The van der Waals surface area contributed by atoms with E-state index in [0.29, 0.717) is 23.6 Å². The minimum Gasteiger partial charge on any atom is -0.490 e. The predicted molar refractivity (Wildman–Crippen MR) is 113 cm³/mol. The van der Waals surface area contributed by atoms with Crippen molar-refractivity contribution in [3.63, 3.8) is 0 Å². The lowest BCUT2D eigenvalue weighted by Gasteiger charge is -2.46. The Hall–Kier alpha value is -1.97. The molecule has 0 saturated carbocycles. The van der Waals surface area contributed by atoms with Gasteiger partial charge in [0.1, 0.15) is 36.3 Å². The molecule has 8 heteroatoms. The number of aliphatic hydroxyl groups excluding tert-OH is 4. The second-order valence-corrected chi connectivity index (χ2v) is 8.30. The van der Waals surface area contributed by atoms with Gasteiger partial charge in [-0.25, -0.2) is 0 Å². The Labute approximate surface area is 185 Å². The van der Waals surface area contributed by atoms with Crippen molar-refractivity contribution < 1.29 is 34.6 Å². The van der Waals surface area contributed by atoms with Crippen LogP contribution in [0.4, 0.5) is 0 Å². The number of fused-ring (bicyclic) bond motifs is 2. The Morgan fingerprint density at radius 1 is 1.13 bits per heavy atom. The van der Waals surface area contributed by atoms with Crippen LogP contribution in [0.2, 0.25) is 5.02 Å². The standard InChI is InChI=1S/C23H25ClO7/c1-2-9-29-17-6-3-14(4-7-17)10-15-11-16(5-8-18(15)24)23-21(28)19(26)20(27)22(12-25,31-23)13-30-23/h2-8,11,19-21,25-28H,1,9-10,12-13H2/t19-,20-,21+,22-,23-/m0/s1. The van der Waals surface area contributed by atoms with E-state index in [4.69, 9.17) is 25.8 Å². The van der Waals surface area contributed by atoms with Gasteiger partial charge in [0.15, 0.2) is 0 Å². The van der Waals surface area contributed by atoms with Gasteiger partial charge >= 0.3 is 0 Å². The molecule has 166 valence electrons. The summed E-state index contributed by atoms with van der Waals surface area (Å²) < 4.78 is 17.2. The number of hydrogen-bond acceptors (Lipinski definition) is 7. The maximum Gasteiger partial charge on any atom is 0.225 e. The Kier molecular flexibility index (Phi) is 6.11. The van der Waals surface area contributed by atoms with Crippen molar-refractivity contribution in [2.75, 3.05) is 19.8 Å². The van der Waals surface area contributed by atoms with Gasteiger partial charge in [0, 0.05) is 10.6 Å². The smallest absolute Gasteiger partial charge is 0.225 e. The number of halogens is 1. The van der Waals surface area contributed by atoms with Crippen molar-refractivity contribution in [1.29, 1.82) is 0 Å². The van der Waals surface area contributed by atoms with E-state index in [2.05, 4.69) is 6.58 Å². The largest absolute Gasteiger partial charge is 0.490 e. The van der Waals surface area contributed by atoms with Crippen LogP contribution in [0.5, 0.6) is 5.75 Å². The highest BCUT2D eigenvalue weighted by Gasteiger charge is 2.67. The molecule has 31 heavy (non-hydrogen) atoms. The molecule has 2 aromatic carbocycles. The van der Waals surface area contributed by atoms with Crippen molar-refractivity contribution in [3.05, 3.63) is 76.8 Å². The first kappa shape index (κ1) is 22.2. The van der Waals surface area contributed by atoms with E-state index in [1.807, 2.05) is 24.3 Å². The third-order valence-electron chi connectivity index (χ3n) is 5.86. The molecule has 2 heterocycles. The molecule has 2 aliphatic rings. The SMILES string of the molecule is C=CCOc1ccc(Cc2cc([C@]34OC[C@](CO)(O3)[C@@H](O)[C@H](O)[C@H]4O)ccc2Cl)cc1. The molecule has 4 N–H and O–H groups in total. The molecule has 2 bridgehead atoms. The molecule has 2 fully saturated rings. The predicted octanol–water partition coefficient (Wildman–Crippen LogP) is 1.52.